The summed E-state index contributed by atoms with van der Waals surface area (Å²) in [5.41, 5.74) is 1.17. The van der Waals surface area contributed by atoms with Gasteiger partial charge in [0.25, 0.3) is 0 Å². The van der Waals surface area contributed by atoms with Gasteiger partial charge in [-0.2, -0.15) is 11.8 Å². The van der Waals surface area contributed by atoms with Crippen LogP contribution in [0.5, 0.6) is 0 Å². The molecule has 0 radical (unpaired) electrons. The molecule has 1 aromatic rings. The molecule has 0 aromatic carbocycles. The summed E-state index contributed by atoms with van der Waals surface area (Å²) in [5, 5.41) is 5.36. The lowest BCUT2D eigenvalue weighted by atomic mass is 10.3. The van der Waals surface area contributed by atoms with Crippen LogP contribution in [0.3, 0.4) is 0 Å². The van der Waals surface area contributed by atoms with Crippen molar-refractivity contribution < 1.29 is 4.74 Å². The molecule has 6 heteroatoms. The Bertz CT molecular complexity index is 411. The number of hydrogen-bond acceptors (Lipinski definition) is 6. The van der Waals surface area contributed by atoms with Crippen LogP contribution < -0.4 is 10.2 Å². The maximum atomic E-state index is 5.05. The van der Waals surface area contributed by atoms with Gasteiger partial charge < -0.3 is 15.0 Å². The lowest BCUT2D eigenvalue weighted by molar-refractivity contribution is 0.199. The summed E-state index contributed by atoms with van der Waals surface area (Å²) in [5.74, 6) is 1.22. The molecule has 0 amide bonds. The summed E-state index contributed by atoms with van der Waals surface area (Å²) in [6.07, 6.45) is 1.25. The van der Waals surface area contributed by atoms with Crippen molar-refractivity contribution in [1.82, 2.24) is 10.3 Å². The molecule has 20 heavy (non-hydrogen) atoms. The lowest BCUT2D eigenvalue weighted by Gasteiger charge is -2.31. The standard InChI is InChI=1S/C14H25N3OS2/c1-4-12-10-17(6-8-19-12)14-16-11(2)13(20-14)9-15-5-7-18-3/h12,15H,4-10H2,1-3H3. The molecule has 0 bridgehead atoms. The minimum absolute atomic E-state index is 0.756. The minimum atomic E-state index is 0.756. The summed E-state index contributed by atoms with van der Waals surface area (Å²) in [7, 11) is 1.73. The van der Waals surface area contributed by atoms with Crippen LogP contribution in [0.25, 0.3) is 0 Å². The maximum absolute atomic E-state index is 5.05. The van der Waals surface area contributed by atoms with E-state index in [1.165, 1.54) is 27.9 Å². The molecular formula is C14H25N3OS2. The van der Waals surface area contributed by atoms with E-state index in [2.05, 4.69) is 35.8 Å². The molecule has 1 aliphatic heterocycles. The zero-order valence-electron chi connectivity index (χ0n) is 12.6. The van der Waals surface area contributed by atoms with Gasteiger partial charge in [0, 0.05) is 49.2 Å². The number of aryl methyl sites for hydroxylation is 1. The number of rotatable bonds is 7. The first-order valence-corrected chi connectivity index (χ1v) is 9.13. The zero-order valence-corrected chi connectivity index (χ0v) is 14.3. The fourth-order valence-corrected chi connectivity index (χ4v) is 4.47. The van der Waals surface area contributed by atoms with Crippen LogP contribution in [-0.4, -0.2) is 49.3 Å². The fourth-order valence-electron chi connectivity index (χ4n) is 2.23. The molecule has 0 spiro atoms. The highest BCUT2D eigenvalue weighted by Gasteiger charge is 2.22. The SMILES string of the molecule is CCC1CN(c2nc(C)c(CNCCOC)s2)CCS1. The number of hydrogen-bond donors (Lipinski definition) is 1. The van der Waals surface area contributed by atoms with Crippen molar-refractivity contribution in [3.05, 3.63) is 10.6 Å². The van der Waals surface area contributed by atoms with E-state index in [4.69, 9.17) is 9.72 Å². The topological polar surface area (TPSA) is 37.4 Å². The molecule has 1 saturated heterocycles. The van der Waals surface area contributed by atoms with Crippen molar-refractivity contribution in [2.75, 3.05) is 44.0 Å². The van der Waals surface area contributed by atoms with Gasteiger partial charge in [0.1, 0.15) is 0 Å². The molecule has 1 atom stereocenters. The molecular weight excluding hydrogens is 290 g/mol. The predicted octanol–water partition coefficient (Wildman–Crippen LogP) is 2.52. The zero-order chi connectivity index (χ0) is 14.4. The Morgan fingerprint density at radius 2 is 2.35 bits per heavy atom. The second kappa shape index (κ2) is 8.22. The van der Waals surface area contributed by atoms with Gasteiger partial charge in [-0.15, -0.1) is 11.3 Å². The van der Waals surface area contributed by atoms with Gasteiger partial charge in [-0.05, 0) is 13.3 Å². The molecule has 1 aromatic heterocycles. The first kappa shape index (κ1) is 16.1. The Balaban J connectivity index is 1.92. The summed E-state index contributed by atoms with van der Waals surface area (Å²) >= 11 is 3.94. The van der Waals surface area contributed by atoms with Crippen LogP contribution in [0.2, 0.25) is 0 Å². The smallest absolute Gasteiger partial charge is 0.185 e. The van der Waals surface area contributed by atoms with Crippen molar-refractivity contribution in [3.63, 3.8) is 0 Å². The second-order valence-corrected chi connectivity index (χ2v) is 7.49. The molecule has 2 rings (SSSR count). The monoisotopic (exact) mass is 315 g/mol. The highest BCUT2D eigenvalue weighted by Crippen LogP contribution is 2.30. The highest BCUT2D eigenvalue weighted by molar-refractivity contribution is 8.00. The van der Waals surface area contributed by atoms with Gasteiger partial charge in [0.15, 0.2) is 5.13 Å². The summed E-state index contributed by atoms with van der Waals surface area (Å²) in [4.78, 5) is 8.57. The maximum Gasteiger partial charge on any atom is 0.185 e. The van der Waals surface area contributed by atoms with E-state index in [0.29, 0.717) is 0 Å². The van der Waals surface area contributed by atoms with Crippen molar-refractivity contribution >= 4 is 28.2 Å². The average Bonchev–Trinajstić information content (AvgIpc) is 2.85. The number of ether oxygens (including phenoxy) is 1. The molecule has 1 aliphatic rings. The predicted molar refractivity (Wildman–Crippen MR) is 89.2 cm³/mol. The third kappa shape index (κ3) is 4.35. The van der Waals surface area contributed by atoms with Gasteiger partial charge in [0.2, 0.25) is 0 Å². The number of nitrogens with one attached hydrogen (secondary N) is 1. The van der Waals surface area contributed by atoms with Gasteiger partial charge in [-0.25, -0.2) is 4.98 Å². The number of anilines is 1. The van der Waals surface area contributed by atoms with Crippen LogP contribution in [0.1, 0.15) is 23.9 Å². The van der Waals surface area contributed by atoms with Gasteiger partial charge in [0.05, 0.1) is 12.3 Å². The number of aromatic nitrogens is 1. The molecule has 1 unspecified atom stereocenters. The van der Waals surface area contributed by atoms with Gasteiger partial charge in [-0.1, -0.05) is 6.92 Å². The Kier molecular flexibility index (Phi) is 6.61. The first-order chi connectivity index (χ1) is 9.74. The van der Waals surface area contributed by atoms with Crippen LogP contribution in [0, 0.1) is 6.92 Å². The number of thioether (sulfide) groups is 1. The number of methoxy groups -OCH3 is 1. The van der Waals surface area contributed by atoms with Gasteiger partial charge >= 0.3 is 0 Å². The Labute approximate surface area is 130 Å². The molecule has 114 valence electrons. The second-order valence-electron chi connectivity index (χ2n) is 5.02. The number of nitrogens with zero attached hydrogens (tertiary/aromatic N) is 2. The Hall–Kier alpha value is -0.300. The summed E-state index contributed by atoms with van der Waals surface area (Å²) < 4.78 is 5.05. The van der Waals surface area contributed by atoms with Crippen LogP contribution in [0.15, 0.2) is 0 Å². The van der Waals surface area contributed by atoms with Crippen LogP contribution >= 0.6 is 23.1 Å². The quantitative estimate of drug-likeness (QED) is 0.783. The lowest BCUT2D eigenvalue weighted by Crippen LogP contribution is -2.37. The van der Waals surface area contributed by atoms with E-state index in [9.17, 15) is 0 Å². The first-order valence-electron chi connectivity index (χ1n) is 7.27. The third-order valence-corrected chi connectivity index (χ3v) is 6.10. The highest BCUT2D eigenvalue weighted by atomic mass is 32.2. The van der Waals surface area contributed by atoms with Gasteiger partial charge in [-0.3, -0.25) is 0 Å². The van der Waals surface area contributed by atoms with E-state index in [0.717, 1.165) is 38.0 Å². The largest absolute Gasteiger partial charge is 0.383 e. The molecule has 4 nitrogen and oxygen atoms in total. The van der Waals surface area contributed by atoms with Crippen molar-refractivity contribution in [3.8, 4) is 0 Å². The van der Waals surface area contributed by atoms with E-state index in [1.807, 2.05) is 11.3 Å². The summed E-state index contributed by atoms with van der Waals surface area (Å²) in [6.45, 7) is 9.21. The normalized spacial score (nSPS) is 19.6. The van der Waals surface area contributed by atoms with E-state index < -0.39 is 0 Å². The van der Waals surface area contributed by atoms with Crippen molar-refractivity contribution in [2.24, 2.45) is 0 Å². The molecule has 0 aliphatic carbocycles. The van der Waals surface area contributed by atoms with E-state index in [1.54, 1.807) is 7.11 Å². The van der Waals surface area contributed by atoms with Crippen LogP contribution in [0.4, 0.5) is 5.13 Å². The molecule has 2 heterocycles. The van der Waals surface area contributed by atoms with E-state index >= 15 is 0 Å². The average molecular weight is 316 g/mol. The number of thiazole rings is 1. The Morgan fingerprint density at radius 1 is 1.50 bits per heavy atom. The fraction of sp³-hybridized carbons (Fsp3) is 0.786. The van der Waals surface area contributed by atoms with Crippen molar-refractivity contribution in [2.45, 2.75) is 32.1 Å². The van der Waals surface area contributed by atoms with Crippen molar-refractivity contribution in [1.29, 1.82) is 0 Å². The van der Waals surface area contributed by atoms with Crippen LogP contribution in [-0.2, 0) is 11.3 Å². The minimum Gasteiger partial charge on any atom is -0.383 e. The molecule has 1 N–H and O–H groups in total. The van der Waals surface area contributed by atoms with E-state index in [-0.39, 0.29) is 0 Å². The molecule has 0 saturated carbocycles. The summed E-state index contributed by atoms with van der Waals surface area (Å²) in [6, 6.07) is 0. The Morgan fingerprint density at radius 3 is 3.10 bits per heavy atom. The third-order valence-electron chi connectivity index (χ3n) is 3.51. The molecule has 1 fully saturated rings.